The zero-order valence-electron chi connectivity index (χ0n) is 7.67. The second-order valence-corrected chi connectivity index (χ2v) is 3.02. The molecule has 0 aromatic heterocycles. The Labute approximate surface area is 80.8 Å². The van der Waals surface area contributed by atoms with Crippen molar-refractivity contribution in [2.24, 2.45) is 0 Å². The van der Waals surface area contributed by atoms with Gasteiger partial charge >= 0.3 is 0 Å². The molecule has 0 aliphatic rings. The molecule has 14 heavy (non-hydrogen) atoms. The topological polar surface area (TPSA) is 83.6 Å². The first-order valence-corrected chi connectivity index (χ1v) is 4.10. The molecule has 76 valence electrons. The van der Waals surface area contributed by atoms with Crippen molar-refractivity contribution in [2.75, 3.05) is 6.61 Å². The molecule has 0 heterocycles. The summed E-state index contributed by atoms with van der Waals surface area (Å²) in [6, 6.07) is 4.41. The molecule has 5 heteroatoms. The van der Waals surface area contributed by atoms with Gasteiger partial charge in [-0.3, -0.25) is 10.1 Å². The third-order valence-electron chi connectivity index (χ3n) is 1.91. The van der Waals surface area contributed by atoms with Gasteiger partial charge in [-0.15, -0.1) is 0 Å². The number of hydrogen-bond donors (Lipinski definition) is 2. The van der Waals surface area contributed by atoms with Crippen molar-refractivity contribution in [2.45, 2.75) is 13.0 Å². The second kappa shape index (κ2) is 4.17. The lowest BCUT2D eigenvalue weighted by Crippen LogP contribution is -2.06. The molecule has 1 rings (SSSR count). The van der Waals surface area contributed by atoms with Crippen molar-refractivity contribution in [3.63, 3.8) is 0 Å². The van der Waals surface area contributed by atoms with Crippen LogP contribution in [-0.4, -0.2) is 21.7 Å². The number of nitro benzene ring substituents is 1. The Morgan fingerprint density at radius 1 is 1.57 bits per heavy atom. The average Bonchev–Trinajstić information content (AvgIpc) is 2.16. The lowest BCUT2D eigenvalue weighted by molar-refractivity contribution is -0.386. The summed E-state index contributed by atoms with van der Waals surface area (Å²) in [6.07, 6.45) is -1.20. The first-order chi connectivity index (χ1) is 6.56. The van der Waals surface area contributed by atoms with Crippen molar-refractivity contribution >= 4 is 5.69 Å². The highest BCUT2D eigenvalue weighted by Gasteiger charge is 2.19. The van der Waals surface area contributed by atoms with Gasteiger partial charge in [0.05, 0.1) is 17.1 Å². The van der Waals surface area contributed by atoms with Crippen LogP contribution in [0, 0.1) is 17.0 Å². The third-order valence-corrected chi connectivity index (χ3v) is 1.91. The molecule has 0 radical (unpaired) electrons. The third kappa shape index (κ3) is 2.07. The standard InChI is InChI=1S/C9H11NO4/c1-6-2-3-8(10(13)14)7(4-6)9(12)5-11/h2-4,9,11-12H,5H2,1H3. The molecule has 0 amide bonds. The lowest BCUT2D eigenvalue weighted by atomic mass is 10.0. The van der Waals surface area contributed by atoms with Crippen LogP contribution in [0.2, 0.25) is 0 Å². The van der Waals surface area contributed by atoms with E-state index in [4.69, 9.17) is 5.11 Å². The molecule has 0 fully saturated rings. The Kier molecular flexibility index (Phi) is 3.16. The summed E-state index contributed by atoms with van der Waals surface area (Å²) in [5.74, 6) is 0. The Morgan fingerprint density at radius 2 is 2.21 bits per heavy atom. The molecule has 1 atom stereocenters. The Morgan fingerprint density at radius 3 is 2.71 bits per heavy atom. The maximum absolute atomic E-state index is 10.6. The van der Waals surface area contributed by atoms with Crippen molar-refractivity contribution in [3.8, 4) is 0 Å². The zero-order valence-corrected chi connectivity index (χ0v) is 7.67. The van der Waals surface area contributed by atoms with Gasteiger partial charge in [0, 0.05) is 6.07 Å². The fourth-order valence-corrected chi connectivity index (χ4v) is 1.21. The normalized spacial score (nSPS) is 12.5. The number of aryl methyl sites for hydroxylation is 1. The van der Waals surface area contributed by atoms with E-state index in [9.17, 15) is 15.2 Å². The molecule has 5 nitrogen and oxygen atoms in total. The number of nitro groups is 1. The molecule has 2 N–H and O–H groups in total. The summed E-state index contributed by atoms with van der Waals surface area (Å²) >= 11 is 0. The summed E-state index contributed by atoms with van der Waals surface area (Å²) in [5.41, 5.74) is 0.785. The number of benzene rings is 1. The van der Waals surface area contributed by atoms with Crippen molar-refractivity contribution in [1.29, 1.82) is 0 Å². The van der Waals surface area contributed by atoms with Crippen LogP contribution in [0.1, 0.15) is 17.2 Å². The SMILES string of the molecule is Cc1ccc([N+](=O)[O-])c(C(O)CO)c1. The van der Waals surface area contributed by atoms with Crippen molar-refractivity contribution in [1.82, 2.24) is 0 Å². The van der Waals surface area contributed by atoms with Crippen LogP contribution in [0.4, 0.5) is 5.69 Å². The smallest absolute Gasteiger partial charge is 0.275 e. The van der Waals surface area contributed by atoms with E-state index in [1.807, 2.05) is 0 Å². The van der Waals surface area contributed by atoms with Crippen LogP contribution in [0.15, 0.2) is 18.2 Å². The maximum atomic E-state index is 10.6. The summed E-state index contributed by atoms with van der Waals surface area (Å²) in [7, 11) is 0. The van der Waals surface area contributed by atoms with E-state index in [1.165, 1.54) is 12.1 Å². The van der Waals surface area contributed by atoms with Gasteiger partial charge in [0.1, 0.15) is 6.10 Å². The molecule has 0 saturated heterocycles. The highest BCUT2D eigenvalue weighted by atomic mass is 16.6. The molecule has 0 saturated carbocycles. The van der Waals surface area contributed by atoms with E-state index >= 15 is 0 Å². The molecule has 1 aromatic carbocycles. The predicted octanol–water partition coefficient (Wildman–Crippen LogP) is 0.929. The fourth-order valence-electron chi connectivity index (χ4n) is 1.21. The molecule has 0 aliphatic heterocycles. The van der Waals surface area contributed by atoms with E-state index in [2.05, 4.69) is 0 Å². The molecular formula is C9H11NO4. The predicted molar refractivity (Wildman–Crippen MR) is 49.9 cm³/mol. The van der Waals surface area contributed by atoms with Crippen LogP contribution in [0.3, 0.4) is 0 Å². The molecule has 0 aliphatic carbocycles. The summed E-state index contributed by atoms with van der Waals surface area (Å²) in [6.45, 7) is 1.24. The summed E-state index contributed by atoms with van der Waals surface area (Å²) < 4.78 is 0. The van der Waals surface area contributed by atoms with Crippen molar-refractivity contribution < 1.29 is 15.1 Å². The van der Waals surface area contributed by atoms with Crippen LogP contribution in [0.5, 0.6) is 0 Å². The summed E-state index contributed by atoms with van der Waals surface area (Å²) in [4.78, 5) is 9.99. The monoisotopic (exact) mass is 197 g/mol. The van der Waals surface area contributed by atoms with E-state index in [0.29, 0.717) is 0 Å². The van der Waals surface area contributed by atoms with Gasteiger partial charge in [-0.25, -0.2) is 0 Å². The van der Waals surface area contributed by atoms with E-state index in [-0.39, 0.29) is 11.3 Å². The second-order valence-electron chi connectivity index (χ2n) is 3.02. The Hall–Kier alpha value is -1.46. The minimum absolute atomic E-state index is 0.150. The van der Waals surface area contributed by atoms with Gasteiger partial charge < -0.3 is 10.2 Å². The maximum Gasteiger partial charge on any atom is 0.275 e. The van der Waals surface area contributed by atoms with E-state index in [0.717, 1.165) is 5.56 Å². The fraction of sp³-hybridized carbons (Fsp3) is 0.333. The quantitative estimate of drug-likeness (QED) is 0.557. The van der Waals surface area contributed by atoms with Crippen LogP contribution < -0.4 is 0 Å². The van der Waals surface area contributed by atoms with Crippen LogP contribution >= 0.6 is 0 Å². The lowest BCUT2D eigenvalue weighted by Gasteiger charge is -2.08. The molecular weight excluding hydrogens is 186 g/mol. The van der Waals surface area contributed by atoms with Gasteiger partial charge in [-0.05, 0) is 13.0 Å². The highest BCUT2D eigenvalue weighted by Crippen LogP contribution is 2.25. The Balaban J connectivity index is 3.22. The van der Waals surface area contributed by atoms with Gasteiger partial charge in [-0.1, -0.05) is 11.6 Å². The Bertz CT molecular complexity index is 351. The molecule has 0 spiro atoms. The van der Waals surface area contributed by atoms with Crippen LogP contribution in [-0.2, 0) is 0 Å². The minimum Gasteiger partial charge on any atom is -0.393 e. The van der Waals surface area contributed by atoms with Gasteiger partial charge in [0.15, 0.2) is 0 Å². The number of hydrogen-bond acceptors (Lipinski definition) is 4. The first kappa shape index (κ1) is 10.6. The molecule has 1 aromatic rings. The number of aliphatic hydroxyl groups excluding tert-OH is 2. The number of aliphatic hydroxyl groups is 2. The first-order valence-electron chi connectivity index (χ1n) is 4.10. The average molecular weight is 197 g/mol. The van der Waals surface area contributed by atoms with Gasteiger partial charge in [0.2, 0.25) is 0 Å². The minimum atomic E-state index is -1.20. The van der Waals surface area contributed by atoms with Crippen LogP contribution in [0.25, 0.3) is 0 Å². The van der Waals surface area contributed by atoms with E-state index in [1.54, 1.807) is 13.0 Å². The largest absolute Gasteiger partial charge is 0.393 e. The highest BCUT2D eigenvalue weighted by molar-refractivity contribution is 5.43. The number of nitrogens with zero attached hydrogens (tertiary/aromatic N) is 1. The zero-order chi connectivity index (χ0) is 10.7. The van der Waals surface area contributed by atoms with Gasteiger partial charge in [-0.2, -0.15) is 0 Å². The molecule has 0 bridgehead atoms. The van der Waals surface area contributed by atoms with E-state index < -0.39 is 17.6 Å². The summed E-state index contributed by atoms with van der Waals surface area (Å²) in [5, 5.41) is 28.6. The van der Waals surface area contributed by atoms with Gasteiger partial charge in [0.25, 0.3) is 5.69 Å². The number of rotatable bonds is 3. The molecule has 1 unspecified atom stereocenters. The van der Waals surface area contributed by atoms with Crippen molar-refractivity contribution in [3.05, 3.63) is 39.4 Å².